The number of benzene rings is 2. The molecule has 0 aliphatic heterocycles. The van der Waals surface area contributed by atoms with E-state index < -0.39 is 17.5 Å². The average molecular weight is 325 g/mol. The van der Waals surface area contributed by atoms with Gasteiger partial charge in [0.25, 0.3) is 5.91 Å². The molecular weight excluding hydrogens is 310 g/mol. The number of rotatable bonds is 4. The Bertz CT molecular complexity index is 866. The van der Waals surface area contributed by atoms with Crippen LogP contribution in [0.2, 0.25) is 0 Å². The molecule has 0 bridgehead atoms. The zero-order valence-corrected chi connectivity index (χ0v) is 12.7. The van der Waals surface area contributed by atoms with Crippen LogP contribution < -0.4 is 9.88 Å². The van der Waals surface area contributed by atoms with Crippen molar-refractivity contribution in [1.29, 1.82) is 0 Å². The minimum absolute atomic E-state index is 0.0253. The van der Waals surface area contributed by atoms with Gasteiger partial charge in [0.2, 0.25) is 6.54 Å². The van der Waals surface area contributed by atoms with Crippen molar-refractivity contribution in [3.05, 3.63) is 84.7 Å². The fourth-order valence-corrected chi connectivity index (χ4v) is 2.37. The molecule has 3 rings (SSSR count). The number of anilines is 1. The Morgan fingerprint density at radius 2 is 1.71 bits per heavy atom. The fraction of sp³-hybridized carbons (Fsp3) is 0.0526. The zero-order valence-electron chi connectivity index (χ0n) is 12.7. The molecule has 24 heavy (non-hydrogen) atoms. The quantitative estimate of drug-likeness (QED) is 0.731. The van der Waals surface area contributed by atoms with Crippen LogP contribution in [0.3, 0.4) is 0 Å². The molecular formula is C19H15F2N2O+. The maximum atomic E-state index is 13.6. The van der Waals surface area contributed by atoms with Crippen LogP contribution in [0.5, 0.6) is 0 Å². The van der Waals surface area contributed by atoms with E-state index in [1.54, 1.807) is 10.8 Å². The van der Waals surface area contributed by atoms with Crippen LogP contribution in [-0.2, 0) is 11.3 Å². The lowest BCUT2D eigenvalue weighted by Crippen LogP contribution is -2.39. The average Bonchev–Trinajstić information content (AvgIpc) is 2.58. The van der Waals surface area contributed by atoms with Gasteiger partial charge in [-0.3, -0.25) is 4.79 Å². The van der Waals surface area contributed by atoms with Gasteiger partial charge >= 0.3 is 0 Å². The van der Waals surface area contributed by atoms with Crippen LogP contribution in [0, 0.1) is 11.6 Å². The molecule has 1 heterocycles. The largest absolute Gasteiger partial charge is 0.318 e. The van der Waals surface area contributed by atoms with Crippen LogP contribution in [0.25, 0.3) is 11.1 Å². The Kier molecular flexibility index (Phi) is 4.61. The molecule has 0 unspecified atom stereocenters. The third-order valence-corrected chi connectivity index (χ3v) is 3.50. The second kappa shape index (κ2) is 7.00. The summed E-state index contributed by atoms with van der Waals surface area (Å²) >= 11 is 0. The molecule has 1 amide bonds. The number of nitrogens with zero attached hydrogens (tertiary/aromatic N) is 1. The van der Waals surface area contributed by atoms with E-state index in [9.17, 15) is 13.6 Å². The second-order valence-corrected chi connectivity index (χ2v) is 5.30. The van der Waals surface area contributed by atoms with Gasteiger partial charge in [-0.15, -0.1) is 0 Å². The second-order valence-electron chi connectivity index (χ2n) is 5.30. The summed E-state index contributed by atoms with van der Waals surface area (Å²) in [4.78, 5) is 12.1. The summed E-state index contributed by atoms with van der Waals surface area (Å²) in [7, 11) is 0. The summed E-state index contributed by atoms with van der Waals surface area (Å²) in [6, 6.07) is 16.6. The molecule has 0 fully saturated rings. The van der Waals surface area contributed by atoms with Gasteiger partial charge in [-0.2, -0.15) is 4.57 Å². The van der Waals surface area contributed by atoms with Gasteiger partial charge in [-0.1, -0.05) is 30.3 Å². The number of amides is 1. The van der Waals surface area contributed by atoms with E-state index in [1.807, 2.05) is 48.7 Å². The highest BCUT2D eigenvalue weighted by molar-refractivity contribution is 5.89. The molecule has 1 N–H and O–H groups in total. The van der Waals surface area contributed by atoms with Gasteiger partial charge < -0.3 is 5.32 Å². The molecule has 0 radical (unpaired) electrons. The van der Waals surface area contributed by atoms with Crippen molar-refractivity contribution in [2.24, 2.45) is 0 Å². The minimum atomic E-state index is -0.800. The number of carbonyl (C=O) groups excluding carboxylic acids is 1. The molecule has 1 aromatic heterocycles. The highest BCUT2D eigenvalue weighted by Gasteiger charge is 2.13. The summed E-state index contributed by atoms with van der Waals surface area (Å²) < 4.78 is 28.2. The lowest BCUT2D eigenvalue weighted by atomic mass is 10.1. The summed E-state index contributed by atoms with van der Waals surface area (Å²) in [6.45, 7) is 0.0253. The Morgan fingerprint density at radius 1 is 0.958 bits per heavy atom. The van der Waals surface area contributed by atoms with Crippen molar-refractivity contribution < 1.29 is 18.1 Å². The van der Waals surface area contributed by atoms with Crippen molar-refractivity contribution in [1.82, 2.24) is 0 Å². The van der Waals surface area contributed by atoms with Crippen LogP contribution in [0.15, 0.2) is 73.1 Å². The van der Waals surface area contributed by atoms with Crippen LogP contribution >= 0.6 is 0 Å². The standard InChI is InChI=1S/C19H14F2N2O/c20-16-8-9-18(17(21)11-16)22-19(24)13-23-10-4-7-15(12-23)14-5-2-1-3-6-14/h1-12H,13H2/p+1. The summed E-state index contributed by atoms with van der Waals surface area (Å²) in [5.41, 5.74) is 1.97. The minimum Gasteiger partial charge on any atom is -0.318 e. The monoisotopic (exact) mass is 325 g/mol. The summed E-state index contributed by atoms with van der Waals surface area (Å²) in [5, 5.41) is 2.44. The van der Waals surface area contributed by atoms with Crippen molar-refractivity contribution in [3.63, 3.8) is 0 Å². The normalized spacial score (nSPS) is 10.4. The number of pyridine rings is 1. The van der Waals surface area contributed by atoms with Gasteiger partial charge in [0.15, 0.2) is 12.4 Å². The Labute approximate surface area is 138 Å². The van der Waals surface area contributed by atoms with Crippen molar-refractivity contribution in [2.45, 2.75) is 6.54 Å². The van der Waals surface area contributed by atoms with E-state index >= 15 is 0 Å². The predicted octanol–water partition coefficient (Wildman–Crippen LogP) is 3.56. The molecule has 0 spiro atoms. The van der Waals surface area contributed by atoms with Crippen LogP contribution in [0.4, 0.5) is 14.5 Å². The number of hydrogen-bond donors (Lipinski definition) is 1. The van der Waals surface area contributed by atoms with E-state index in [4.69, 9.17) is 0 Å². The van der Waals surface area contributed by atoms with Gasteiger partial charge in [-0.25, -0.2) is 8.78 Å². The molecule has 3 nitrogen and oxygen atoms in total. The van der Waals surface area contributed by atoms with E-state index in [0.717, 1.165) is 23.3 Å². The van der Waals surface area contributed by atoms with Gasteiger partial charge in [0.1, 0.15) is 11.6 Å². The molecule has 0 saturated carbocycles. The van der Waals surface area contributed by atoms with Crippen LogP contribution in [0.1, 0.15) is 0 Å². The van der Waals surface area contributed by atoms with Crippen molar-refractivity contribution >= 4 is 11.6 Å². The van der Waals surface area contributed by atoms with Gasteiger partial charge in [0.05, 0.1) is 5.69 Å². The van der Waals surface area contributed by atoms with Gasteiger partial charge in [-0.05, 0) is 23.8 Å². The number of aromatic nitrogens is 1. The van der Waals surface area contributed by atoms with Gasteiger partial charge in [0, 0.05) is 17.7 Å². The molecule has 0 atom stereocenters. The Morgan fingerprint density at radius 3 is 2.46 bits per heavy atom. The summed E-state index contributed by atoms with van der Waals surface area (Å²) in [5.74, 6) is -1.88. The first kappa shape index (κ1) is 15.8. The molecule has 0 aliphatic rings. The Balaban J connectivity index is 1.73. The summed E-state index contributed by atoms with van der Waals surface area (Å²) in [6.07, 6.45) is 3.60. The molecule has 5 heteroatoms. The molecule has 120 valence electrons. The third kappa shape index (κ3) is 3.81. The van der Waals surface area contributed by atoms with E-state index in [1.165, 1.54) is 6.07 Å². The smallest absolute Gasteiger partial charge is 0.290 e. The highest BCUT2D eigenvalue weighted by Crippen LogP contribution is 2.16. The van der Waals surface area contributed by atoms with Crippen LogP contribution in [-0.4, -0.2) is 5.91 Å². The molecule has 0 aliphatic carbocycles. The fourth-order valence-electron chi connectivity index (χ4n) is 2.37. The molecule has 0 saturated heterocycles. The first-order chi connectivity index (χ1) is 11.6. The van der Waals surface area contributed by atoms with Crippen molar-refractivity contribution in [3.8, 4) is 11.1 Å². The number of halogens is 2. The number of nitrogens with one attached hydrogen (secondary N) is 1. The lowest BCUT2D eigenvalue weighted by Gasteiger charge is -2.05. The highest BCUT2D eigenvalue weighted by atomic mass is 19.1. The third-order valence-electron chi connectivity index (χ3n) is 3.50. The maximum Gasteiger partial charge on any atom is 0.290 e. The first-order valence-electron chi connectivity index (χ1n) is 7.41. The first-order valence-corrected chi connectivity index (χ1v) is 7.41. The Hall–Kier alpha value is -3.08. The van der Waals surface area contributed by atoms with Crippen molar-refractivity contribution in [2.75, 3.05) is 5.32 Å². The maximum absolute atomic E-state index is 13.6. The zero-order chi connectivity index (χ0) is 16.9. The number of hydrogen-bond acceptors (Lipinski definition) is 1. The molecule has 3 aromatic rings. The topological polar surface area (TPSA) is 33.0 Å². The lowest BCUT2D eigenvalue weighted by molar-refractivity contribution is -0.683. The SMILES string of the molecule is O=C(C[n+]1cccc(-c2ccccc2)c1)Nc1ccc(F)cc1F. The van der Waals surface area contributed by atoms with E-state index in [-0.39, 0.29) is 12.2 Å². The van der Waals surface area contributed by atoms with E-state index in [2.05, 4.69) is 5.32 Å². The molecule has 2 aromatic carbocycles. The predicted molar refractivity (Wildman–Crippen MR) is 87.1 cm³/mol. The van der Waals surface area contributed by atoms with E-state index in [0.29, 0.717) is 0 Å². The number of carbonyl (C=O) groups is 1.